The molecule has 0 saturated heterocycles. The van der Waals surface area contributed by atoms with E-state index in [0.29, 0.717) is 12.3 Å². The van der Waals surface area contributed by atoms with Crippen LogP contribution in [-0.4, -0.2) is 23.7 Å². The van der Waals surface area contributed by atoms with Crippen molar-refractivity contribution in [2.75, 3.05) is 5.75 Å². The lowest BCUT2D eigenvalue weighted by Gasteiger charge is -2.14. The van der Waals surface area contributed by atoms with Crippen LogP contribution in [0, 0.1) is 0 Å². The van der Waals surface area contributed by atoms with E-state index in [1.54, 1.807) is 0 Å². The first kappa shape index (κ1) is 21.2. The molecule has 29 heavy (non-hydrogen) atoms. The number of hydrogen-bond acceptors (Lipinski definition) is 3. The monoisotopic (exact) mass is 436 g/mol. The van der Waals surface area contributed by atoms with E-state index in [1.807, 2.05) is 0 Å². The number of sulfone groups is 1. The summed E-state index contributed by atoms with van der Waals surface area (Å²) in [5.41, 5.74) is -1.91. The average molecular weight is 436 g/mol. The smallest absolute Gasteiger partial charge is 0.328 e. The van der Waals surface area contributed by atoms with Gasteiger partial charge >= 0.3 is 12.4 Å². The molecule has 156 valence electrons. The van der Waals surface area contributed by atoms with Gasteiger partial charge in [-0.15, -0.1) is 0 Å². The Hall–Kier alpha value is -2.56. The molecule has 2 heterocycles. The summed E-state index contributed by atoms with van der Waals surface area (Å²) in [6, 6.07) is 4.40. The van der Waals surface area contributed by atoms with E-state index in [-0.39, 0.29) is 22.3 Å². The Morgan fingerprint density at radius 1 is 0.966 bits per heavy atom. The van der Waals surface area contributed by atoms with Crippen LogP contribution in [0.1, 0.15) is 18.1 Å². The van der Waals surface area contributed by atoms with Gasteiger partial charge in [0.2, 0.25) is 0 Å². The molecule has 11 heteroatoms. The molecule has 0 atom stereocenters. The molecule has 2 aromatic heterocycles. The fraction of sp³-hybridized carbons (Fsp3) is 0.278. The second kappa shape index (κ2) is 6.75. The highest BCUT2D eigenvalue weighted by molar-refractivity contribution is 7.91. The van der Waals surface area contributed by atoms with Crippen molar-refractivity contribution in [1.29, 1.82) is 0 Å². The van der Waals surface area contributed by atoms with Gasteiger partial charge in [0.15, 0.2) is 9.84 Å². The molecule has 0 amide bonds. The summed E-state index contributed by atoms with van der Waals surface area (Å²) in [5.74, 6) is -0.443. The lowest BCUT2D eigenvalue weighted by Crippen LogP contribution is -2.11. The molecule has 0 aliphatic heterocycles. The normalized spacial score (nSPS) is 13.2. The SMILES string of the molecule is CCS(=O)(=O)c1cc(C(F)(F)F)ccc1-c1cc2cc(C(F)(F)F)cnc2n1C. The number of halogens is 6. The van der Waals surface area contributed by atoms with E-state index in [2.05, 4.69) is 4.98 Å². The number of nitrogens with zero attached hydrogens (tertiary/aromatic N) is 2. The lowest BCUT2D eigenvalue weighted by atomic mass is 10.1. The summed E-state index contributed by atoms with van der Waals surface area (Å²) in [6.07, 6.45) is -8.73. The molecule has 4 nitrogen and oxygen atoms in total. The Balaban J connectivity index is 2.30. The van der Waals surface area contributed by atoms with Gasteiger partial charge in [0.1, 0.15) is 5.65 Å². The van der Waals surface area contributed by atoms with Crippen molar-refractivity contribution < 1.29 is 34.8 Å². The molecule has 0 aliphatic carbocycles. The van der Waals surface area contributed by atoms with Gasteiger partial charge in [-0.3, -0.25) is 0 Å². The summed E-state index contributed by atoms with van der Waals surface area (Å²) >= 11 is 0. The van der Waals surface area contributed by atoms with Crippen LogP contribution in [0.2, 0.25) is 0 Å². The zero-order valence-corrected chi connectivity index (χ0v) is 15.9. The van der Waals surface area contributed by atoms with E-state index < -0.39 is 44.0 Å². The Morgan fingerprint density at radius 2 is 1.59 bits per heavy atom. The molecule has 3 aromatic rings. The number of aryl methyl sites for hydroxylation is 1. The van der Waals surface area contributed by atoms with E-state index >= 15 is 0 Å². The van der Waals surface area contributed by atoms with Gasteiger partial charge in [-0.2, -0.15) is 26.3 Å². The molecular weight excluding hydrogens is 422 g/mol. The average Bonchev–Trinajstić information content (AvgIpc) is 2.96. The first-order valence-corrected chi connectivity index (χ1v) is 9.88. The van der Waals surface area contributed by atoms with Crippen LogP contribution in [0.4, 0.5) is 26.3 Å². The van der Waals surface area contributed by atoms with Crippen LogP contribution in [0.25, 0.3) is 22.3 Å². The van der Waals surface area contributed by atoms with Crippen molar-refractivity contribution in [3.63, 3.8) is 0 Å². The molecule has 0 spiro atoms. The second-order valence-electron chi connectivity index (χ2n) is 6.34. The van der Waals surface area contributed by atoms with E-state index in [0.717, 1.165) is 18.2 Å². The molecule has 0 fully saturated rings. The largest absolute Gasteiger partial charge is 0.417 e. The second-order valence-corrected chi connectivity index (χ2v) is 8.58. The summed E-state index contributed by atoms with van der Waals surface area (Å²) in [5, 5.41) is 0.0806. The molecule has 0 radical (unpaired) electrons. The molecule has 0 bridgehead atoms. The molecule has 0 unspecified atom stereocenters. The summed E-state index contributed by atoms with van der Waals surface area (Å²) in [4.78, 5) is 3.23. The van der Waals surface area contributed by atoms with Crippen LogP contribution >= 0.6 is 0 Å². The van der Waals surface area contributed by atoms with Crippen LogP contribution in [0.5, 0.6) is 0 Å². The minimum absolute atomic E-state index is 0.0473. The maximum atomic E-state index is 13.1. The Bertz CT molecular complexity index is 1190. The van der Waals surface area contributed by atoms with Gasteiger partial charge in [-0.25, -0.2) is 13.4 Å². The van der Waals surface area contributed by atoms with Crippen molar-refractivity contribution >= 4 is 20.9 Å². The van der Waals surface area contributed by atoms with Crippen molar-refractivity contribution in [3.05, 3.63) is 47.7 Å². The third kappa shape index (κ3) is 3.83. The molecule has 1 aromatic carbocycles. The maximum absolute atomic E-state index is 13.1. The third-order valence-electron chi connectivity index (χ3n) is 4.49. The van der Waals surface area contributed by atoms with Crippen LogP contribution in [-0.2, 0) is 29.2 Å². The number of pyridine rings is 1. The predicted octanol–water partition coefficient (Wildman–Crippen LogP) is 5.07. The first-order chi connectivity index (χ1) is 13.3. The van der Waals surface area contributed by atoms with Crippen LogP contribution < -0.4 is 0 Å². The highest BCUT2D eigenvalue weighted by Crippen LogP contribution is 2.38. The Kier molecular flexibility index (Phi) is 4.93. The zero-order chi connectivity index (χ0) is 21.8. The number of alkyl halides is 6. The number of rotatable bonds is 3. The Morgan fingerprint density at radius 3 is 2.14 bits per heavy atom. The Labute approximate surface area is 161 Å². The first-order valence-electron chi connectivity index (χ1n) is 8.22. The number of hydrogen-bond donors (Lipinski definition) is 0. The summed E-state index contributed by atoms with van der Waals surface area (Å²) in [7, 11) is -2.62. The maximum Gasteiger partial charge on any atom is 0.417 e. The van der Waals surface area contributed by atoms with Gasteiger partial charge in [0, 0.05) is 24.2 Å². The van der Waals surface area contributed by atoms with Crippen molar-refractivity contribution in [1.82, 2.24) is 9.55 Å². The fourth-order valence-electron chi connectivity index (χ4n) is 2.96. The van der Waals surface area contributed by atoms with E-state index in [4.69, 9.17) is 0 Å². The highest BCUT2D eigenvalue weighted by Gasteiger charge is 2.34. The van der Waals surface area contributed by atoms with E-state index in [9.17, 15) is 34.8 Å². The fourth-order valence-corrected chi connectivity index (χ4v) is 4.08. The molecule has 0 aliphatic rings. The van der Waals surface area contributed by atoms with Gasteiger partial charge in [-0.05, 0) is 24.3 Å². The van der Waals surface area contributed by atoms with Gasteiger partial charge in [-0.1, -0.05) is 13.0 Å². The predicted molar refractivity (Wildman–Crippen MR) is 93.9 cm³/mol. The molecule has 3 rings (SSSR count). The van der Waals surface area contributed by atoms with Crippen molar-refractivity contribution in [3.8, 4) is 11.3 Å². The molecular formula is C18H14F6N2O2S. The summed E-state index contributed by atoms with van der Waals surface area (Å²) < 4.78 is 104. The third-order valence-corrected chi connectivity index (χ3v) is 6.26. The van der Waals surface area contributed by atoms with Gasteiger partial charge in [0.25, 0.3) is 0 Å². The molecule has 0 saturated carbocycles. The van der Waals surface area contributed by atoms with Crippen molar-refractivity contribution in [2.24, 2.45) is 7.05 Å². The van der Waals surface area contributed by atoms with Crippen LogP contribution in [0.15, 0.2) is 41.4 Å². The molecule has 0 N–H and O–H groups in total. The van der Waals surface area contributed by atoms with Crippen LogP contribution in [0.3, 0.4) is 0 Å². The highest BCUT2D eigenvalue weighted by atomic mass is 32.2. The van der Waals surface area contributed by atoms with Gasteiger partial charge < -0.3 is 4.57 Å². The van der Waals surface area contributed by atoms with Gasteiger partial charge in [0.05, 0.1) is 27.5 Å². The summed E-state index contributed by atoms with van der Waals surface area (Å²) in [6.45, 7) is 1.29. The quantitative estimate of drug-likeness (QED) is 0.539. The number of aromatic nitrogens is 2. The number of fused-ring (bicyclic) bond motifs is 1. The van der Waals surface area contributed by atoms with Crippen molar-refractivity contribution in [2.45, 2.75) is 24.2 Å². The van der Waals surface area contributed by atoms with E-state index in [1.165, 1.54) is 24.6 Å². The minimum Gasteiger partial charge on any atom is -0.328 e. The zero-order valence-electron chi connectivity index (χ0n) is 15.1. The minimum atomic E-state index is -4.75. The standard InChI is InChI=1S/C18H14F6N2O2S/c1-3-29(27,28)15-8-11(17(19,20)21)4-5-13(15)14-7-10-6-12(18(22,23)24)9-25-16(10)26(14)2/h4-9H,3H2,1-2H3. The lowest BCUT2D eigenvalue weighted by molar-refractivity contribution is -0.138. The topological polar surface area (TPSA) is 52.0 Å². The number of benzene rings is 1.